The van der Waals surface area contributed by atoms with Crippen molar-refractivity contribution in [2.24, 2.45) is 0 Å². The standard InChI is InChI=1S/C20H24N2O2S/c1-3-4-13-24-18-12-8-11-17(14-18)19(23)21-20(25)22(2)15-16-9-6-5-7-10-16/h5-12,14H,3-4,13,15H2,1-2H3,(H,21,23,25). The smallest absolute Gasteiger partial charge is 0.257 e. The summed E-state index contributed by atoms with van der Waals surface area (Å²) in [5.41, 5.74) is 1.66. The largest absolute Gasteiger partial charge is 0.494 e. The molecule has 4 nitrogen and oxygen atoms in total. The lowest BCUT2D eigenvalue weighted by Crippen LogP contribution is -2.40. The van der Waals surface area contributed by atoms with Crippen LogP contribution < -0.4 is 10.1 Å². The fraction of sp³-hybridized carbons (Fsp3) is 0.300. The lowest BCUT2D eigenvalue weighted by molar-refractivity contribution is 0.0973. The van der Waals surface area contributed by atoms with E-state index in [1.54, 1.807) is 12.1 Å². The van der Waals surface area contributed by atoms with Crippen molar-refractivity contribution in [3.8, 4) is 5.75 Å². The summed E-state index contributed by atoms with van der Waals surface area (Å²) < 4.78 is 5.65. The normalized spacial score (nSPS) is 10.2. The number of carbonyl (C=O) groups excluding carboxylic acids is 1. The summed E-state index contributed by atoms with van der Waals surface area (Å²) >= 11 is 5.33. The van der Waals surface area contributed by atoms with Gasteiger partial charge in [-0.3, -0.25) is 10.1 Å². The molecule has 0 aliphatic rings. The number of thiocarbonyl (C=S) groups is 1. The van der Waals surface area contributed by atoms with E-state index in [1.807, 2.05) is 54.4 Å². The Bertz CT molecular complexity index is 704. The van der Waals surface area contributed by atoms with E-state index < -0.39 is 0 Å². The highest BCUT2D eigenvalue weighted by Gasteiger charge is 2.12. The molecule has 0 aliphatic heterocycles. The van der Waals surface area contributed by atoms with Gasteiger partial charge in [0.05, 0.1) is 6.61 Å². The van der Waals surface area contributed by atoms with Gasteiger partial charge in [0.25, 0.3) is 5.91 Å². The Hall–Kier alpha value is -2.40. The highest BCUT2D eigenvalue weighted by atomic mass is 32.1. The maximum atomic E-state index is 12.4. The molecule has 1 N–H and O–H groups in total. The first-order valence-corrected chi connectivity index (χ1v) is 8.84. The molecule has 0 bridgehead atoms. The van der Waals surface area contributed by atoms with Crippen LogP contribution in [0, 0.1) is 0 Å². The van der Waals surface area contributed by atoms with Gasteiger partial charge in [0, 0.05) is 19.2 Å². The summed E-state index contributed by atoms with van der Waals surface area (Å²) in [6.45, 7) is 3.40. The second kappa shape index (κ2) is 9.79. The Balaban J connectivity index is 1.92. The molecule has 0 aliphatic carbocycles. The minimum Gasteiger partial charge on any atom is -0.494 e. The van der Waals surface area contributed by atoms with Crippen LogP contribution in [-0.2, 0) is 6.54 Å². The maximum absolute atomic E-state index is 12.4. The van der Waals surface area contributed by atoms with Gasteiger partial charge < -0.3 is 9.64 Å². The van der Waals surface area contributed by atoms with Crippen molar-refractivity contribution in [3.05, 3.63) is 65.7 Å². The molecule has 0 spiro atoms. The van der Waals surface area contributed by atoms with Crippen LogP contribution in [0.15, 0.2) is 54.6 Å². The number of nitrogens with zero attached hydrogens (tertiary/aromatic N) is 1. The number of amides is 1. The van der Waals surface area contributed by atoms with E-state index in [-0.39, 0.29) is 5.91 Å². The molecule has 0 radical (unpaired) electrons. The minimum absolute atomic E-state index is 0.231. The van der Waals surface area contributed by atoms with Crippen molar-refractivity contribution in [1.29, 1.82) is 0 Å². The highest BCUT2D eigenvalue weighted by molar-refractivity contribution is 7.80. The molecule has 132 valence electrons. The zero-order chi connectivity index (χ0) is 18.1. The number of nitrogens with one attached hydrogen (secondary N) is 1. The minimum atomic E-state index is -0.231. The fourth-order valence-electron chi connectivity index (χ4n) is 2.26. The molecule has 2 rings (SSSR count). The number of unbranched alkanes of at least 4 members (excludes halogenated alkanes) is 1. The molecule has 0 atom stereocenters. The number of ether oxygens (including phenoxy) is 1. The summed E-state index contributed by atoms with van der Waals surface area (Å²) in [4.78, 5) is 14.3. The SMILES string of the molecule is CCCCOc1cccc(C(=O)NC(=S)N(C)Cc2ccccc2)c1. The third-order valence-corrected chi connectivity index (χ3v) is 4.11. The van der Waals surface area contributed by atoms with Crippen LogP contribution in [0.1, 0.15) is 35.7 Å². The molecular formula is C20H24N2O2S. The molecule has 0 saturated carbocycles. The predicted molar refractivity (Wildman–Crippen MR) is 105 cm³/mol. The van der Waals surface area contributed by atoms with Gasteiger partial charge >= 0.3 is 0 Å². The van der Waals surface area contributed by atoms with E-state index >= 15 is 0 Å². The van der Waals surface area contributed by atoms with Gasteiger partial charge in [-0.1, -0.05) is 49.7 Å². The molecule has 0 saturated heterocycles. The Morgan fingerprint density at radius 2 is 1.92 bits per heavy atom. The second-order valence-electron chi connectivity index (χ2n) is 5.83. The highest BCUT2D eigenvalue weighted by Crippen LogP contribution is 2.14. The van der Waals surface area contributed by atoms with Crippen LogP contribution in [-0.4, -0.2) is 29.6 Å². The third kappa shape index (κ3) is 6.19. The van der Waals surface area contributed by atoms with Crippen LogP contribution in [0.2, 0.25) is 0 Å². The molecular weight excluding hydrogens is 332 g/mol. The summed E-state index contributed by atoms with van der Waals surface area (Å²) in [6, 6.07) is 17.1. The van der Waals surface area contributed by atoms with Gasteiger partial charge in [-0.25, -0.2) is 0 Å². The molecule has 5 heteroatoms. The van der Waals surface area contributed by atoms with Crippen molar-refractivity contribution >= 4 is 23.2 Å². The van der Waals surface area contributed by atoms with E-state index in [0.29, 0.717) is 29.6 Å². The van der Waals surface area contributed by atoms with E-state index in [0.717, 1.165) is 18.4 Å². The van der Waals surface area contributed by atoms with Crippen molar-refractivity contribution in [2.45, 2.75) is 26.3 Å². The Morgan fingerprint density at radius 3 is 2.64 bits per heavy atom. The van der Waals surface area contributed by atoms with Gasteiger partial charge in [0.2, 0.25) is 0 Å². The van der Waals surface area contributed by atoms with Crippen molar-refractivity contribution in [2.75, 3.05) is 13.7 Å². The molecule has 1 amide bonds. The first-order chi connectivity index (χ1) is 12.1. The molecule has 25 heavy (non-hydrogen) atoms. The Morgan fingerprint density at radius 1 is 1.16 bits per heavy atom. The Kier molecular flexibility index (Phi) is 7.41. The molecule has 0 heterocycles. The Labute approximate surface area is 154 Å². The zero-order valence-electron chi connectivity index (χ0n) is 14.7. The van der Waals surface area contributed by atoms with Crippen LogP contribution in [0.25, 0.3) is 0 Å². The third-order valence-electron chi connectivity index (χ3n) is 3.69. The van der Waals surface area contributed by atoms with Gasteiger partial charge in [0.15, 0.2) is 5.11 Å². The number of rotatable bonds is 7. The van der Waals surface area contributed by atoms with E-state index in [4.69, 9.17) is 17.0 Å². The van der Waals surface area contributed by atoms with Crippen molar-refractivity contribution < 1.29 is 9.53 Å². The molecule has 0 aromatic heterocycles. The van der Waals surface area contributed by atoms with Gasteiger partial charge in [-0.2, -0.15) is 0 Å². The average molecular weight is 356 g/mol. The number of benzene rings is 2. The van der Waals surface area contributed by atoms with Gasteiger partial charge in [-0.05, 0) is 42.4 Å². The van der Waals surface area contributed by atoms with Crippen LogP contribution in [0.4, 0.5) is 0 Å². The second-order valence-corrected chi connectivity index (χ2v) is 6.22. The average Bonchev–Trinajstić information content (AvgIpc) is 2.63. The fourth-order valence-corrected chi connectivity index (χ4v) is 2.41. The topological polar surface area (TPSA) is 41.6 Å². The summed E-state index contributed by atoms with van der Waals surface area (Å²) in [5.74, 6) is 0.468. The quantitative estimate of drug-likeness (QED) is 0.601. The maximum Gasteiger partial charge on any atom is 0.257 e. The van der Waals surface area contributed by atoms with E-state index in [1.165, 1.54) is 0 Å². The summed E-state index contributed by atoms with van der Waals surface area (Å²) in [5, 5.41) is 3.17. The van der Waals surface area contributed by atoms with E-state index in [9.17, 15) is 4.79 Å². The number of carbonyl (C=O) groups is 1. The van der Waals surface area contributed by atoms with Crippen molar-refractivity contribution in [1.82, 2.24) is 10.2 Å². The summed E-state index contributed by atoms with van der Waals surface area (Å²) in [6.07, 6.45) is 2.06. The van der Waals surface area contributed by atoms with Crippen molar-refractivity contribution in [3.63, 3.8) is 0 Å². The lowest BCUT2D eigenvalue weighted by atomic mass is 10.2. The molecule has 2 aromatic carbocycles. The van der Waals surface area contributed by atoms with Gasteiger partial charge in [-0.15, -0.1) is 0 Å². The molecule has 0 unspecified atom stereocenters. The molecule has 2 aromatic rings. The predicted octanol–water partition coefficient (Wildman–Crippen LogP) is 4.01. The zero-order valence-corrected chi connectivity index (χ0v) is 15.5. The number of hydrogen-bond donors (Lipinski definition) is 1. The monoisotopic (exact) mass is 356 g/mol. The van der Waals surface area contributed by atoms with Gasteiger partial charge in [0.1, 0.15) is 5.75 Å². The van der Waals surface area contributed by atoms with Crippen LogP contribution >= 0.6 is 12.2 Å². The first-order valence-electron chi connectivity index (χ1n) is 8.43. The number of hydrogen-bond acceptors (Lipinski definition) is 3. The lowest BCUT2D eigenvalue weighted by Gasteiger charge is -2.20. The van der Waals surface area contributed by atoms with E-state index in [2.05, 4.69) is 12.2 Å². The van der Waals surface area contributed by atoms with Crippen LogP contribution in [0.5, 0.6) is 5.75 Å². The molecule has 0 fully saturated rings. The summed E-state index contributed by atoms with van der Waals surface area (Å²) in [7, 11) is 1.86. The first kappa shape index (κ1) is 18.9. The van der Waals surface area contributed by atoms with Crippen LogP contribution in [0.3, 0.4) is 0 Å².